The Morgan fingerprint density at radius 3 is 1.94 bits per heavy atom. The quantitative estimate of drug-likeness (QED) is 0.828. The molecule has 1 N–H and O–H groups in total. The fraction of sp³-hybridized carbons (Fsp3) is 0.500. The molecule has 0 aliphatic rings. The van der Waals surface area contributed by atoms with Crippen LogP contribution in [0.15, 0.2) is 12.1 Å². The van der Waals surface area contributed by atoms with Gasteiger partial charge in [0.2, 0.25) is 0 Å². The Morgan fingerprint density at radius 1 is 1.06 bits per heavy atom. The number of rotatable bonds is 2. The third-order valence-corrected chi connectivity index (χ3v) is 2.37. The van der Waals surface area contributed by atoms with Crippen molar-refractivity contribution in [1.29, 1.82) is 0 Å². The number of hydrogen-bond acceptors (Lipinski definition) is 1. The van der Waals surface area contributed by atoms with Crippen LogP contribution < -0.4 is 0 Å². The van der Waals surface area contributed by atoms with Crippen molar-refractivity contribution in [3.63, 3.8) is 0 Å². The van der Waals surface area contributed by atoms with Crippen LogP contribution in [0.1, 0.15) is 38.8 Å². The Morgan fingerprint density at radius 2 is 1.56 bits per heavy atom. The van der Waals surface area contributed by atoms with Gasteiger partial charge in [-0.3, -0.25) is 0 Å². The fourth-order valence-electron chi connectivity index (χ4n) is 1.38. The monoisotopic (exact) mass is 232 g/mol. The molecule has 0 heterocycles. The van der Waals surface area contributed by atoms with Crippen molar-refractivity contribution >= 4 is 0 Å². The summed E-state index contributed by atoms with van der Waals surface area (Å²) in [7, 11) is 0. The summed E-state index contributed by atoms with van der Waals surface area (Å²) < 4.78 is 40.3. The van der Waals surface area contributed by atoms with E-state index in [1.54, 1.807) is 0 Å². The minimum absolute atomic E-state index is 0.00326. The van der Waals surface area contributed by atoms with Gasteiger partial charge in [0.1, 0.15) is 5.67 Å². The third kappa shape index (κ3) is 2.55. The largest absolute Gasteiger partial charge is 0.386 e. The van der Waals surface area contributed by atoms with E-state index in [4.69, 9.17) is 0 Å². The van der Waals surface area contributed by atoms with Crippen LogP contribution in [0.5, 0.6) is 0 Å². The van der Waals surface area contributed by atoms with Gasteiger partial charge in [0.15, 0.2) is 11.6 Å². The summed E-state index contributed by atoms with van der Waals surface area (Å²) >= 11 is 0. The first-order valence-electron chi connectivity index (χ1n) is 4.95. The molecule has 4 heteroatoms. The van der Waals surface area contributed by atoms with E-state index in [0.29, 0.717) is 0 Å². The molecule has 1 rings (SSSR count). The zero-order valence-electron chi connectivity index (χ0n) is 9.74. The van der Waals surface area contributed by atoms with Crippen LogP contribution >= 0.6 is 0 Å². The first-order chi connectivity index (χ1) is 7.03. The second kappa shape index (κ2) is 3.77. The normalized spacial score (nSPS) is 13.0. The standard InChI is InChI=1S/C12H15F3O/c1-11(2,15)7-5-8(12(3,4)16)10(14)9(13)6-7/h5-6,16H,1-4H3. The van der Waals surface area contributed by atoms with E-state index in [1.807, 2.05) is 0 Å². The van der Waals surface area contributed by atoms with Crippen molar-refractivity contribution in [1.82, 2.24) is 0 Å². The predicted molar refractivity (Wildman–Crippen MR) is 55.7 cm³/mol. The predicted octanol–water partition coefficient (Wildman–Crippen LogP) is 3.40. The molecular formula is C12H15F3O. The molecule has 0 aromatic heterocycles. The molecule has 0 atom stereocenters. The van der Waals surface area contributed by atoms with Crippen molar-refractivity contribution in [2.75, 3.05) is 0 Å². The highest BCUT2D eigenvalue weighted by Gasteiger charge is 2.28. The molecule has 1 aromatic carbocycles. The lowest BCUT2D eigenvalue weighted by atomic mass is 9.91. The van der Waals surface area contributed by atoms with Crippen LogP contribution in [-0.4, -0.2) is 5.11 Å². The Hall–Kier alpha value is -1.03. The maximum Gasteiger partial charge on any atom is 0.164 e. The van der Waals surface area contributed by atoms with Gasteiger partial charge in [0.05, 0.1) is 5.60 Å². The van der Waals surface area contributed by atoms with E-state index < -0.39 is 22.9 Å². The highest BCUT2D eigenvalue weighted by molar-refractivity contribution is 5.32. The molecule has 1 nitrogen and oxygen atoms in total. The molecule has 90 valence electrons. The maximum absolute atomic E-state index is 13.6. The molecule has 0 unspecified atom stereocenters. The Labute approximate surface area is 92.9 Å². The van der Waals surface area contributed by atoms with E-state index >= 15 is 0 Å². The lowest BCUT2D eigenvalue weighted by Crippen LogP contribution is -2.21. The van der Waals surface area contributed by atoms with Gasteiger partial charge < -0.3 is 5.11 Å². The number of alkyl halides is 1. The number of hydrogen-bond donors (Lipinski definition) is 1. The summed E-state index contributed by atoms with van der Waals surface area (Å²) in [4.78, 5) is 0. The molecule has 0 saturated carbocycles. The Balaban J connectivity index is 3.46. The van der Waals surface area contributed by atoms with Crippen LogP contribution in [0.25, 0.3) is 0 Å². The van der Waals surface area contributed by atoms with Crippen molar-refractivity contribution in [2.24, 2.45) is 0 Å². The van der Waals surface area contributed by atoms with E-state index in [2.05, 4.69) is 0 Å². The molecular weight excluding hydrogens is 217 g/mol. The topological polar surface area (TPSA) is 20.2 Å². The van der Waals surface area contributed by atoms with Gasteiger partial charge in [-0.05, 0) is 45.4 Å². The van der Waals surface area contributed by atoms with Crippen molar-refractivity contribution in [3.05, 3.63) is 34.9 Å². The zero-order valence-corrected chi connectivity index (χ0v) is 9.74. The van der Waals surface area contributed by atoms with E-state index in [1.165, 1.54) is 27.7 Å². The summed E-state index contributed by atoms with van der Waals surface area (Å²) in [5, 5.41) is 9.66. The van der Waals surface area contributed by atoms with Gasteiger partial charge in [-0.2, -0.15) is 0 Å². The van der Waals surface area contributed by atoms with E-state index in [0.717, 1.165) is 12.1 Å². The van der Waals surface area contributed by atoms with Gasteiger partial charge in [0, 0.05) is 5.56 Å². The first-order valence-corrected chi connectivity index (χ1v) is 4.95. The SMILES string of the molecule is CC(C)(O)c1cc(C(C)(C)F)cc(F)c1F. The molecule has 16 heavy (non-hydrogen) atoms. The van der Waals surface area contributed by atoms with Crippen LogP contribution in [0.4, 0.5) is 13.2 Å². The second-order valence-corrected chi connectivity index (χ2v) is 4.85. The number of benzene rings is 1. The van der Waals surface area contributed by atoms with Crippen LogP contribution in [-0.2, 0) is 11.3 Å². The zero-order chi connectivity index (χ0) is 12.7. The minimum Gasteiger partial charge on any atom is -0.386 e. The Kier molecular flexibility index (Phi) is 3.07. The molecule has 0 bridgehead atoms. The second-order valence-electron chi connectivity index (χ2n) is 4.85. The summed E-state index contributed by atoms with van der Waals surface area (Å²) in [6.45, 7) is 5.13. The number of halogens is 3. The third-order valence-electron chi connectivity index (χ3n) is 2.37. The van der Waals surface area contributed by atoms with Gasteiger partial charge >= 0.3 is 0 Å². The molecule has 0 aliphatic carbocycles. The first kappa shape index (κ1) is 13.0. The molecule has 0 spiro atoms. The smallest absolute Gasteiger partial charge is 0.164 e. The summed E-state index contributed by atoms with van der Waals surface area (Å²) in [6, 6.07) is 1.96. The molecule has 1 aromatic rings. The molecule has 0 amide bonds. The minimum atomic E-state index is -1.78. The van der Waals surface area contributed by atoms with E-state index in [-0.39, 0.29) is 11.1 Å². The summed E-state index contributed by atoms with van der Waals surface area (Å²) in [5.74, 6) is -2.29. The maximum atomic E-state index is 13.6. The van der Waals surface area contributed by atoms with Crippen LogP contribution in [0, 0.1) is 11.6 Å². The van der Waals surface area contributed by atoms with Crippen molar-refractivity contribution in [3.8, 4) is 0 Å². The number of aliphatic hydroxyl groups is 1. The summed E-state index contributed by atoms with van der Waals surface area (Å²) in [5.41, 5.74) is -3.57. The highest BCUT2D eigenvalue weighted by atomic mass is 19.2. The molecule has 0 fully saturated rings. The van der Waals surface area contributed by atoms with Gasteiger partial charge in [0.25, 0.3) is 0 Å². The van der Waals surface area contributed by atoms with Gasteiger partial charge in [-0.25, -0.2) is 13.2 Å². The summed E-state index contributed by atoms with van der Waals surface area (Å²) in [6.07, 6.45) is 0. The van der Waals surface area contributed by atoms with Gasteiger partial charge in [-0.1, -0.05) is 0 Å². The van der Waals surface area contributed by atoms with Crippen LogP contribution in [0.3, 0.4) is 0 Å². The molecule has 0 saturated heterocycles. The molecule has 0 aliphatic heterocycles. The lowest BCUT2D eigenvalue weighted by Gasteiger charge is -2.22. The average Bonchev–Trinajstić information content (AvgIpc) is 2.05. The molecule has 0 radical (unpaired) electrons. The van der Waals surface area contributed by atoms with E-state index in [9.17, 15) is 18.3 Å². The Bertz CT molecular complexity index is 400. The average molecular weight is 232 g/mol. The lowest BCUT2D eigenvalue weighted by molar-refractivity contribution is 0.0732. The van der Waals surface area contributed by atoms with Crippen molar-refractivity contribution in [2.45, 2.75) is 39.0 Å². The fourth-order valence-corrected chi connectivity index (χ4v) is 1.38. The van der Waals surface area contributed by atoms with Gasteiger partial charge in [-0.15, -0.1) is 0 Å². The van der Waals surface area contributed by atoms with Crippen LogP contribution in [0.2, 0.25) is 0 Å². The highest BCUT2D eigenvalue weighted by Crippen LogP contribution is 2.32. The van der Waals surface area contributed by atoms with Crippen molar-refractivity contribution < 1.29 is 18.3 Å².